The number of alkyl halides is 1. The van der Waals surface area contributed by atoms with E-state index in [1.807, 2.05) is 0 Å². The summed E-state index contributed by atoms with van der Waals surface area (Å²) in [6, 6.07) is 4.44. The second-order valence-electron chi connectivity index (χ2n) is 6.17. The average molecular weight is 409 g/mol. The molecule has 0 spiro atoms. The van der Waals surface area contributed by atoms with Crippen LogP contribution in [0.1, 0.15) is 32.3 Å². The van der Waals surface area contributed by atoms with Crippen molar-refractivity contribution in [2.24, 2.45) is 10.7 Å². The van der Waals surface area contributed by atoms with Crippen LogP contribution in [0.3, 0.4) is 0 Å². The van der Waals surface area contributed by atoms with Gasteiger partial charge in [0.25, 0.3) is 0 Å². The largest absolute Gasteiger partial charge is 0.386 e. The summed E-state index contributed by atoms with van der Waals surface area (Å²) in [7, 11) is -3.82. The Bertz CT molecular complexity index is 767. The first-order chi connectivity index (χ1) is 10.4. The number of benzene rings is 1. The van der Waals surface area contributed by atoms with Crippen LogP contribution in [0.5, 0.6) is 0 Å². The molecule has 0 unspecified atom stereocenters. The van der Waals surface area contributed by atoms with Gasteiger partial charge in [0.15, 0.2) is 14.6 Å². The van der Waals surface area contributed by atoms with Crippen LogP contribution in [0.25, 0.3) is 0 Å². The maximum atomic E-state index is 14.2. The number of hydrogen-bond donors (Lipinski definition) is 1. The van der Waals surface area contributed by atoms with E-state index in [0.717, 1.165) is 13.2 Å². The molecule has 0 radical (unpaired) electrons. The highest BCUT2D eigenvalue weighted by Gasteiger charge is 2.54. The van der Waals surface area contributed by atoms with Gasteiger partial charge < -0.3 is 5.73 Å². The van der Waals surface area contributed by atoms with Crippen molar-refractivity contribution < 1.29 is 17.2 Å². The SMILES string of the molecule is C[C@@H](F)[C@]1(S(C)(=O)=O)CC[C@@](C)(c2cc(Br)ccc2F)N=C1N. The molecule has 1 aromatic carbocycles. The summed E-state index contributed by atoms with van der Waals surface area (Å²) in [5.41, 5.74) is 5.15. The molecule has 3 atom stereocenters. The van der Waals surface area contributed by atoms with Crippen molar-refractivity contribution in [3.63, 3.8) is 0 Å². The molecule has 1 aliphatic rings. The molecule has 0 fully saturated rings. The number of sulfone groups is 1. The van der Waals surface area contributed by atoms with Gasteiger partial charge in [-0.3, -0.25) is 4.99 Å². The molecular formula is C15H19BrF2N2O2S. The lowest BCUT2D eigenvalue weighted by atomic mass is 9.80. The van der Waals surface area contributed by atoms with E-state index in [9.17, 15) is 17.2 Å². The topological polar surface area (TPSA) is 72.5 Å². The summed E-state index contributed by atoms with van der Waals surface area (Å²) in [6.45, 7) is 2.82. The van der Waals surface area contributed by atoms with Crippen molar-refractivity contribution >= 4 is 31.6 Å². The highest BCUT2D eigenvalue weighted by atomic mass is 79.9. The summed E-state index contributed by atoms with van der Waals surface area (Å²) >= 11 is 3.28. The van der Waals surface area contributed by atoms with E-state index >= 15 is 0 Å². The molecule has 1 heterocycles. The number of aliphatic imine (C=N–C) groups is 1. The molecule has 128 valence electrons. The van der Waals surface area contributed by atoms with Crippen LogP contribution in [0.15, 0.2) is 27.7 Å². The van der Waals surface area contributed by atoms with Gasteiger partial charge in [-0.15, -0.1) is 0 Å². The molecule has 0 aromatic heterocycles. The first kappa shape index (κ1) is 18.3. The fourth-order valence-corrected chi connectivity index (χ4v) is 5.00. The lowest BCUT2D eigenvalue weighted by Crippen LogP contribution is -2.59. The second-order valence-corrected chi connectivity index (χ2v) is 9.36. The van der Waals surface area contributed by atoms with Crippen molar-refractivity contribution in [3.8, 4) is 0 Å². The Morgan fingerprint density at radius 1 is 1.39 bits per heavy atom. The molecule has 0 bridgehead atoms. The van der Waals surface area contributed by atoms with E-state index in [2.05, 4.69) is 20.9 Å². The lowest BCUT2D eigenvalue weighted by molar-refractivity contribution is 0.266. The average Bonchev–Trinajstić information content (AvgIpc) is 2.39. The van der Waals surface area contributed by atoms with E-state index in [4.69, 9.17) is 5.73 Å². The fraction of sp³-hybridized carbons (Fsp3) is 0.533. The van der Waals surface area contributed by atoms with E-state index in [1.165, 1.54) is 6.07 Å². The van der Waals surface area contributed by atoms with Gasteiger partial charge in [-0.1, -0.05) is 15.9 Å². The Morgan fingerprint density at radius 2 is 2.00 bits per heavy atom. The van der Waals surface area contributed by atoms with Gasteiger partial charge in [0.2, 0.25) is 0 Å². The van der Waals surface area contributed by atoms with Gasteiger partial charge in [-0.25, -0.2) is 17.2 Å². The van der Waals surface area contributed by atoms with Gasteiger partial charge in [-0.05, 0) is 44.9 Å². The number of nitrogens with two attached hydrogens (primary N) is 1. The van der Waals surface area contributed by atoms with E-state index in [-0.39, 0.29) is 18.7 Å². The van der Waals surface area contributed by atoms with Gasteiger partial charge in [0.05, 0.1) is 5.54 Å². The quantitative estimate of drug-likeness (QED) is 0.834. The van der Waals surface area contributed by atoms with E-state index < -0.39 is 32.1 Å². The smallest absolute Gasteiger partial charge is 0.163 e. The van der Waals surface area contributed by atoms with E-state index in [1.54, 1.807) is 19.1 Å². The van der Waals surface area contributed by atoms with Crippen LogP contribution in [0, 0.1) is 5.82 Å². The number of amidine groups is 1. The van der Waals surface area contributed by atoms with Crippen LogP contribution in [-0.4, -0.2) is 31.4 Å². The maximum absolute atomic E-state index is 14.2. The summed E-state index contributed by atoms with van der Waals surface area (Å²) < 4.78 is 51.5. The zero-order chi connectivity index (χ0) is 17.6. The first-order valence-corrected chi connectivity index (χ1v) is 9.77. The monoisotopic (exact) mass is 408 g/mol. The normalized spacial score (nSPS) is 29.9. The third-order valence-electron chi connectivity index (χ3n) is 4.60. The van der Waals surface area contributed by atoms with Crippen molar-refractivity contribution in [2.75, 3.05) is 6.26 Å². The molecule has 0 aliphatic carbocycles. The third-order valence-corrected chi connectivity index (χ3v) is 7.15. The molecule has 1 aromatic rings. The molecule has 8 heteroatoms. The fourth-order valence-electron chi connectivity index (χ4n) is 3.15. The van der Waals surface area contributed by atoms with Gasteiger partial charge in [0.1, 0.15) is 17.8 Å². The predicted molar refractivity (Wildman–Crippen MR) is 90.5 cm³/mol. The summed E-state index contributed by atoms with van der Waals surface area (Å²) in [4.78, 5) is 4.24. The molecule has 2 rings (SSSR count). The van der Waals surface area contributed by atoms with Gasteiger partial charge >= 0.3 is 0 Å². The van der Waals surface area contributed by atoms with Crippen LogP contribution in [-0.2, 0) is 15.4 Å². The highest BCUT2D eigenvalue weighted by Crippen LogP contribution is 2.43. The minimum absolute atomic E-state index is 0.0543. The zero-order valence-electron chi connectivity index (χ0n) is 13.1. The van der Waals surface area contributed by atoms with Crippen LogP contribution in [0.2, 0.25) is 0 Å². The highest BCUT2D eigenvalue weighted by molar-refractivity contribution is 9.10. The number of halogens is 3. The Labute approximate surface area is 143 Å². The van der Waals surface area contributed by atoms with E-state index in [0.29, 0.717) is 10.0 Å². The number of nitrogens with zero attached hydrogens (tertiary/aromatic N) is 1. The molecule has 0 amide bonds. The minimum atomic E-state index is -3.82. The van der Waals surface area contributed by atoms with Crippen LogP contribution < -0.4 is 5.73 Å². The molecule has 1 aliphatic heterocycles. The van der Waals surface area contributed by atoms with Crippen molar-refractivity contribution in [1.29, 1.82) is 0 Å². The second kappa shape index (κ2) is 5.81. The molecule has 0 saturated carbocycles. The first-order valence-electron chi connectivity index (χ1n) is 7.09. The van der Waals surface area contributed by atoms with Gasteiger partial charge in [-0.2, -0.15) is 0 Å². The van der Waals surface area contributed by atoms with Crippen molar-refractivity contribution in [2.45, 2.75) is 43.1 Å². The van der Waals surface area contributed by atoms with Crippen LogP contribution >= 0.6 is 15.9 Å². The Hall–Kier alpha value is -1.02. The minimum Gasteiger partial charge on any atom is -0.386 e. The predicted octanol–water partition coefficient (Wildman–Crippen LogP) is 3.10. The molecule has 23 heavy (non-hydrogen) atoms. The molecule has 4 nitrogen and oxygen atoms in total. The molecular weight excluding hydrogens is 390 g/mol. The van der Waals surface area contributed by atoms with Crippen molar-refractivity contribution in [1.82, 2.24) is 0 Å². The molecule has 2 N–H and O–H groups in total. The Kier molecular flexibility index (Phi) is 4.62. The lowest BCUT2D eigenvalue weighted by Gasteiger charge is -2.41. The summed E-state index contributed by atoms with van der Waals surface area (Å²) in [5.74, 6) is -0.768. The van der Waals surface area contributed by atoms with Crippen molar-refractivity contribution in [3.05, 3.63) is 34.1 Å². The standard InChI is InChI=1S/C15H19BrF2N2O2S/c1-9(17)15(23(3,21)22)7-6-14(2,20-13(15)19)11-8-10(16)4-5-12(11)18/h4-5,8-9H,6-7H2,1-3H3,(H2,19,20)/t9-,14+,15-/m1/s1. The summed E-state index contributed by atoms with van der Waals surface area (Å²) in [5, 5.41) is 0. The third kappa shape index (κ3) is 2.91. The van der Waals surface area contributed by atoms with Crippen LogP contribution in [0.4, 0.5) is 8.78 Å². The Balaban J connectivity index is 2.63. The number of rotatable bonds is 3. The number of hydrogen-bond acceptors (Lipinski definition) is 4. The van der Waals surface area contributed by atoms with Gasteiger partial charge in [0, 0.05) is 16.3 Å². The molecule has 0 saturated heterocycles. The summed E-state index contributed by atoms with van der Waals surface area (Å²) in [6.07, 6.45) is -0.643. The zero-order valence-corrected chi connectivity index (χ0v) is 15.5. The maximum Gasteiger partial charge on any atom is 0.163 e. The Morgan fingerprint density at radius 3 is 2.48 bits per heavy atom.